The van der Waals surface area contributed by atoms with Gasteiger partial charge >= 0.3 is 6.09 Å². The Balaban J connectivity index is 1.31. The molecule has 1 saturated heterocycles. The van der Waals surface area contributed by atoms with E-state index in [0.29, 0.717) is 38.8 Å². The van der Waals surface area contributed by atoms with E-state index in [1.165, 1.54) is 0 Å². The van der Waals surface area contributed by atoms with Gasteiger partial charge in [-0.2, -0.15) is 10.2 Å². The minimum atomic E-state index is -0.494. The second-order valence-corrected chi connectivity index (χ2v) is 10.0. The maximum Gasteiger partial charge on any atom is 0.410 e. The summed E-state index contributed by atoms with van der Waals surface area (Å²) >= 11 is 0. The summed E-state index contributed by atoms with van der Waals surface area (Å²) < 4.78 is 5.48. The molecule has 34 heavy (non-hydrogen) atoms. The average molecular weight is 465 g/mol. The minimum absolute atomic E-state index is 0.0778. The van der Waals surface area contributed by atoms with Gasteiger partial charge in [-0.25, -0.2) is 9.78 Å². The number of carbonyl (C=O) groups excluding carboxylic acids is 2. The van der Waals surface area contributed by atoms with Crippen molar-refractivity contribution in [1.29, 1.82) is 0 Å². The first-order chi connectivity index (χ1) is 16.2. The number of carbonyl (C=O) groups is 2. The Bertz CT molecular complexity index is 1130. The summed E-state index contributed by atoms with van der Waals surface area (Å²) in [7, 11) is 0. The van der Waals surface area contributed by atoms with Gasteiger partial charge in [-0.15, -0.1) is 12.3 Å². The number of imidazole rings is 1. The van der Waals surface area contributed by atoms with Gasteiger partial charge in [0.2, 0.25) is 5.91 Å². The molecule has 2 aromatic rings. The number of fused-ring (bicyclic) bond motifs is 1. The van der Waals surface area contributed by atoms with Crippen molar-refractivity contribution in [3.63, 3.8) is 0 Å². The van der Waals surface area contributed by atoms with Crippen LogP contribution in [-0.2, 0) is 9.53 Å². The second-order valence-electron chi connectivity index (χ2n) is 10.0. The fourth-order valence-corrected chi connectivity index (χ4v) is 4.17. The first-order valence-corrected chi connectivity index (χ1v) is 11.8. The molecule has 0 bridgehead atoms. The molecule has 1 aromatic heterocycles. The van der Waals surface area contributed by atoms with Gasteiger partial charge in [0, 0.05) is 50.4 Å². The van der Waals surface area contributed by atoms with Gasteiger partial charge in [0.05, 0.1) is 11.0 Å². The Morgan fingerprint density at radius 3 is 2.65 bits per heavy atom. The Kier molecular flexibility index (Phi) is 6.60. The molecule has 4 rings (SSSR count). The molecule has 0 unspecified atom stereocenters. The zero-order valence-electron chi connectivity index (χ0n) is 20.1. The van der Waals surface area contributed by atoms with Crippen LogP contribution in [0.1, 0.15) is 71.0 Å². The number of amides is 2. The molecule has 0 saturated carbocycles. The van der Waals surface area contributed by atoms with Crippen molar-refractivity contribution in [2.24, 2.45) is 10.2 Å². The third-order valence-electron chi connectivity index (χ3n) is 6.12. The van der Waals surface area contributed by atoms with Crippen LogP contribution in [0.3, 0.4) is 0 Å². The van der Waals surface area contributed by atoms with Crippen molar-refractivity contribution >= 4 is 28.7 Å². The summed E-state index contributed by atoms with van der Waals surface area (Å²) in [4.78, 5) is 34.6. The molecule has 2 aliphatic rings. The smallest absolute Gasteiger partial charge is 0.410 e. The lowest BCUT2D eigenvalue weighted by Gasteiger charge is -2.32. The Hall–Kier alpha value is -3.41. The minimum Gasteiger partial charge on any atom is -0.444 e. The first-order valence-electron chi connectivity index (χ1n) is 11.8. The van der Waals surface area contributed by atoms with Crippen molar-refractivity contribution in [3.05, 3.63) is 24.0 Å². The fourth-order valence-electron chi connectivity index (χ4n) is 4.17. The van der Waals surface area contributed by atoms with Gasteiger partial charge in [0.1, 0.15) is 11.4 Å². The molecule has 2 aliphatic heterocycles. The normalized spacial score (nSPS) is 17.4. The number of ether oxygens (including phenoxy) is 1. The van der Waals surface area contributed by atoms with E-state index in [9.17, 15) is 9.59 Å². The monoisotopic (exact) mass is 464 g/mol. The second kappa shape index (κ2) is 9.45. The van der Waals surface area contributed by atoms with Gasteiger partial charge in [-0.3, -0.25) is 4.79 Å². The number of anilines is 1. The number of hydrogen-bond donors (Lipinski definition) is 2. The standard InChI is InChI=1S/C25H32N6O3/c1-5-6-12-25(29-30-25)13-9-21(32)26-18-7-8-19-20(16-18)28-22(27-19)17-10-14-31(15-11-17)23(33)34-24(2,3)4/h1,7-8,16-17H,6,9-15H2,2-4H3,(H,26,32)(H,27,28). The van der Waals surface area contributed by atoms with E-state index in [-0.39, 0.29) is 17.9 Å². The maximum atomic E-state index is 12.4. The lowest BCUT2D eigenvalue weighted by molar-refractivity contribution is -0.116. The summed E-state index contributed by atoms with van der Waals surface area (Å²) in [5.41, 5.74) is 1.50. The zero-order valence-corrected chi connectivity index (χ0v) is 20.1. The molecular weight excluding hydrogens is 432 g/mol. The summed E-state index contributed by atoms with van der Waals surface area (Å²) in [6, 6.07) is 5.66. The Morgan fingerprint density at radius 1 is 1.26 bits per heavy atom. The van der Waals surface area contributed by atoms with Crippen LogP contribution >= 0.6 is 0 Å². The topological polar surface area (TPSA) is 112 Å². The lowest BCUT2D eigenvalue weighted by Crippen LogP contribution is -2.41. The largest absolute Gasteiger partial charge is 0.444 e. The Morgan fingerprint density at radius 2 is 2.00 bits per heavy atom. The summed E-state index contributed by atoms with van der Waals surface area (Å²) in [6.07, 6.45) is 8.89. The molecule has 0 radical (unpaired) electrons. The average Bonchev–Trinajstić information content (AvgIpc) is 3.44. The van der Waals surface area contributed by atoms with Crippen LogP contribution in [0, 0.1) is 12.3 Å². The zero-order chi connectivity index (χ0) is 24.3. The molecule has 0 atom stereocenters. The third kappa shape index (κ3) is 5.93. The third-order valence-corrected chi connectivity index (χ3v) is 6.12. The SMILES string of the molecule is C#CCCC1(CCC(=O)Nc2ccc3nc(C4CCN(C(=O)OC(C)(C)C)CC4)[nH]c3c2)N=N1. The number of hydrogen-bond acceptors (Lipinski definition) is 6. The number of terminal acetylenes is 1. The molecular formula is C25H32N6O3. The van der Waals surface area contributed by atoms with Crippen LogP contribution in [0.4, 0.5) is 10.5 Å². The van der Waals surface area contributed by atoms with Crippen molar-refractivity contribution in [1.82, 2.24) is 14.9 Å². The van der Waals surface area contributed by atoms with Crippen molar-refractivity contribution in [2.75, 3.05) is 18.4 Å². The summed E-state index contributed by atoms with van der Waals surface area (Å²) in [5.74, 6) is 3.67. The predicted molar refractivity (Wildman–Crippen MR) is 129 cm³/mol. The number of likely N-dealkylation sites (tertiary alicyclic amines) is 1. The van der Waals surface area contributed by atoms with Gasteiger partial charge < -0.3 is 19.9 Å². The highest BCUT2D eigenvalue weighted by Crippen LogP contribution is 2.37. The van der Waals surface area contributed by atoms with E-state index in [2.05, 4.69) is 26.4 Å². The molecule has 3 heterocycles. The van der Waals surface area contributed by atoms with Crippen LogP contribution in [0.5, 0.6) is 0 Å². The molecule has 0 aliphatic carbocycles. The first kappa shape index (κ1) is 23.7. The molecule has 1 aromatic carbocycles. The molecule has 180 valence electrons. The molecule has 1 fully saturated rings. The van der Waals surface area contributed by atoms with Gasteiger partial charge in [0.25, 0.3) is 0 Å². The van der Waals surface area contributed by atoms with E-state index in [0.717, 1.165) is 35.4 Å². The van der Waals surface area contributed by atoms with E-state index >= 15 is 0 Å². The quantitative estimate of drug-likeness (QED) is 0.563. The van der Waals surface area contributed by atoms with Crippen LogP contribution in [0.2, 0.25) is 0 Å². The summed E-state index contributed by atoms with van der Waals surface area (Å²) in [5, 5.41) is 11.1. The molecule has 2 N–H and O–H groups in total. The Labute approximate surface area is 199 Å². The fraction of sp³-hybridized carbons (Fsp3) is 0.560. The van der Waals surface area contributed by atoms with Gasteiger partial charge in [-0.05, 0) is 51.8 Å². The van der Waals surface area contributed by atoms with Crippen molar-refractivity contribution < 1.29 is 14.3 Å². The number of benzene rings is 1. The predicted octanol–water partition coefficient (Wildman–Crippen LogP) is 4.97. The number of H-pyrrole nitrogens is 1. The van der Waals surface area contributed by atoms with Crippen LogP contribution < -0.4 is 5.32 Å². The molecule has 0 spiro atoms. The maximum absolute atomic E-state index is 12.4. The molecule has 9 nitrogen and oxygen atoms in total. The van der Waals surface area contributed by atoms with Crippen LogP contribution in [0.15, 0.2) is 28.4 Å². The number of nitrogens with one attached hydrogen (secondary N) is 2. The highest BCUT2D eigenvalue weighted by Gasteiger charge is 2.39. The summed E-state index contributed by atoms with van der Waals surface area (Å²) in [6.45, 7) is 6.90. The van der Waals surface area contributed by atoms with Crippen molar-refractivity contribution in [3.8, 4) is 12.3 Å². The van der Waals surface area contributed by atoms with Crippen LogP contribution in [-0.4, -0.2) is 51.2 Å². The van der Waals surface area contributed by atoms with E-state index in [1.54, 1.807) is 4.90 Å². The lowest BCUT2D eigenvalue weighted by atomic mass is 9.96. The van der Waals surface area contributed by atoms with Crippen molar-refractivity contribution in [2.45, 2.75) is 76.5 Å². The van der Waals surface area contributed by atoms with E-state index in [4.69, 9.17) is 16.1 Å². The van der Waals surface area contributed by atoms with Gasteiger partial charge in [0.15, 0.2) is 5.66 Å². The highest BCUT2D eigenvalue weighted by molar-refractivity contribution is 5.93. The number of piperidine rings is 1. The molecule has 9 heteroatoms. The van der Waals surface area contributed by atoms with E-state index < -0.39 is 11.3 Å². The number of rotatable bonds is 7. The molecule has 2 amide bonds. The van der Waals surface area contributed by atoms with Crippen LogP contribution in [0.25, 0.3) is 11.0 Å². The van der Waals surface area contributed by atoms with E-state index in [1.807, 2.05) is 39.0 Å². The van der Waals surface area contributed by atoms with Gasteiger partial charge in [-0.1, -0.05) is 0 Å². The number of aromatic amines is 1. The number of nitrogens with zero attached hydrogens (tertiary/aromatic N) is 4. The highest BCUT2D eigenvalue weighted by atomic mass is 16.6. The number of aromatic nitrogens is 2.